The molecule has 0 saturated heterocycles. The number of hydrogen-bond acceptors (Lipinski definition) is 1. The molecule has 3 nitrogen and oxygen atoms in total. The van der Waals surface area contributed by atoms with E-state index in [1.807, 2.05) is 18.2 Å². The second kappa shape index (κ2) is 3.33. The molecule has 0 atom stereocenters. The van der Waals surface area contributed by atoms with Crippen LogP contribution in [0, 0.1) is 0 Å². The zero-order chi connectivity index (χ0) is 10.0. The van der Waals surface area contributed by atoms with Gasteiger partial charge < -0.3 is 4.74 Å². The Morgan fingerprint density at radius 2 is 2.00 bits per heavy atom. The van der Waals surface area contributed by atoms with Gasteiger partial charge in [-0.2, -0.15) is 0 Å². The van der Waals surface area contributed by atoms with E-state index in [4.69, 9.17) is 15.9 Å². The van der Waals surface area contributed by atoms with E-state index in [0.717, 1.165) is 12.8 Å². The standard InChI is InChI=1S/C11H14N2O/c12-10(13)14-8-11(6-7-11)9-4-2-1-3-5-9/h1-5H,6-8H2,(H3,12,13)/p+1. The van der Waals surface area contributed by atoms with Crippen molar-refractivity contribution in [3.05, 3.63) is 35.9 Å². The topological polar surface area (TPSA) is 60.8 Å². The van der Waals surface area contributed by atoms with Crippen LogP contribution in [0.3, 0.4) is 0 Å². The molecule has 0 bridgehead atoms. The van der Waals surface area contributed by atoms with Gasteiger partial charge in [-0.15, -0.1) is 0 Å². The lowest BCUT2D eigenvalue weighted by atomic mass is 9.97. The van der Waals surface area contributed by atoms with Crippen LogP contribution < -0.4 is 11.1 Å². The zero-order valence-corrected chi connectivity index (χ0v) is 8.07. The van der Waals surface area contributed by atoms with Crippen molar-refractivity contribution in [1.82, 2.24) is 0 Å². The summed E-state index contributed by atoms with van der Waals surface area (Å²) in [5, 5.41) is 5.28. The third kappa shape index (κ3) is 1.71. The normalized spacial score (nSPS) is 17.4. The van der Waals surface area contributed by atoms with E-state index >= 15 is 0 Å². The van der Waals surface area contributed by atoms with E-state index < -0.39 is 0 Å². The van der Waals surface area contributed by atoms with Crippen molar-refractivity contribution in [2.24, 2.45) is 5.73 Å². The molecule has 1 saturated carbocycles. The Hall–Kier alpha value is -1.51. The second-order valence-corrected chi connectivity index (χ2v) is 3.84. The van der Waals surface area contributed by atoms with Gasteiger partial charge in [0.25, 0.3) is 0 Å². The highest BCUT2D eigenvalue weighted by Gasteiger charge is 2.45. The number of benzene rings is 1. The maximum atomic E-state index is 5.28. The van der Waals surface area contributed by atoms with Gasteiger partial charge in [0.15, 0.2) is 0 Å². The average molecular weight is 191 g/mol. The third-order valence-corrected chi connectivity index (χ3v) is 2.75. The van der Waals surface area contributed by atoms with Crippen LogP contribution in [0.1, 0.15) is 18.4 Å². The van der Waals surface area contributed by atoms with Crippen LogP contribution in [0.2, 0.25) is 0 Å². The van der Waals surface area contributed by atoms with Crippen molar-refractivity contribution in [3.63, 3.8) is 0 Å². The lowest BCUT2D eigenvalue weighted by Gasteiger charge is -2.13. The zero-order valence-electron chi connectivity index (χ0n) is 8.07. The maximum absolute atomic E-state index is 5.28. The minimum absolute atomic E-state index is 0.0622. The molecule has 0 aromatic heterocycles. The van der Waals surface area contributed by atoms with E-state index in [-0.39, 0.29) is 11.4 Å². The monoisotopic (exact) mass is 191 g/mol. The molecule has 74 valence electrons. The van der Waals surface area contributed by atoms with Gasteiger partial charge in [-0.05, 0) is 18.4 Å². The smallest absolute Gasteiger partial charge is 0.431 e. The minimum Gasteiger partial charge on any atom is -0.431 e. The first-order valence-electron chi connectivity index (χ1n) is 4.79. The molecule has 1 aromatic carbocycles. The predicted molar refractivity (Wildman–Crippen MR) is 54.4 cm³/mol. The summed E-state index contributed by atoms with van der Waals surface area (Å²) in [6.07, 6.45) is 2.31. The fourth-order valence-electron chi connectivity index (χ4n) is 1.68. The molecule has 0 aliphatic heterocycles. The van der Waals surface area contributed by atoms with Crippen LogP contribution in [-0.4, -0.2) is 12.6 Å². The summed E-state index contributed by atoms with van der Waals surface area (Å²) in [6, 6.07) is 10.4. The number of hydrogen-bond donors (Lipinski definition) is 2. The van der Waals surface area contributed by atoms with Gasteiger partial charge in [-0.25, -0.2) is 0 Å². The Kier molecular flexibility index (Phi) is 2.15. The largest absolute Gasteiger partial charge is 0.437 e. The van der Waals surface area contributed by atoms with Crippen molar-refractivity contribution in [2.75, 3.05) is 6.61 Å². The van der Waals surface area contributed by atoms with Crippen molar-refractivity contribution in [3.8, 4) is 0 Å². The Morgan fingerprint density at radius 1 is 1.36 bits per heavy atom. The second-order valence-electron chi connectivity index (χ2n) is 3.84. The van der Waals surface area contributed by atoms with Gasteiger partial charge in [0, 0.05) is 5.41 Å². The summed E-state index contributed by atoms with van der Waals surface area (Å²) in [5.41, 5.74) is 6.77. The van der Waals surface area contributed by atoms with Crippen LogP contribution in [0.4, 0.5) is 0 Å². The highest BCUT2D eigenvalue weighted by Crippen LogP contribution is 2.48. The minimum atomic E-state index is 0.0622. The van der Waals surface area contributed by atoms with Crippen molar-refractivity contribution >= 4 is 6.02 Å². The van der Waals surface area contributed by atoms with Crippen LogP contribution in [0.25, 0.3) is 0 Å². The van der Waals surface area contributed by atoms with E-state index in [1.165, 1.54) is 5.56 Å². The molecule has 2 rings (SSSR count). The molecule has 1 aliphatic rings. The van der Waals surface area contributed by atoms with E-state index in [0.29, 0.717) is 6.61 Å². The molecule has 1 aromatic rings. The number of nitrogens with two attached hydrogens (primary N) is 2. The first-order chi connectivity index (χ1) is 6.73. The fraction of sp³-hybridized carbons (Fsp3) is 0.364. The van der Waals surface area contributed by atoms with E-state index in [9.17, 15) is 0 Å². The van der Waals surface area contributed by atoms with Gasteiger partial charge in [-0.3, -0.25) is 11.1 Å². The Morgan fingerprint density at radius 3 is 2.50 bits per heavy atom. The summed E-state index contributed by atoms with van der Waals surface area (Å²) in [6.45, 7) is 0.597. The Bertz CT molecular complexity index is 330. The maximum Gasteiger partial charge on any atom is 0.437 e. The molecule has 14 heavy (non-hydrogen) atoms. The molecule has 4 N–H and O–H groups in total. The molecule has 1 fully saturated rings. The van der Waals surface area contributed by atoms with E-state index in [2.05, 4.69) is 12.1 Å². The molecule has 1 aliphatic carbocycles. The van der Waals surface area contributed by atoms with Crippen LogP contribution in [-0.2, 0) is 10.2 Å². The van der Waals surface area contributed by atoms with Crippen LogP contribution in [0.15, 0.2) is 30.3 Å². The number of amidine groups is 1. The van der Waals surface area contributed by atoms with Gasteiger partial charge >= 0.3 is 6.02 Å². The van der Waals surface area contributed by atoms with Crippen molar-refractivity contribution in [2.45, 2.75) is 18.3 Å². The molecule has 0 spiro atoms. The quantitative estimate of drug-likeness (QED) is 0.514. The molecule has 3 heteroatoms. The summed E-state index contributed by atoms with van der Waals surface area (Å²) in [5.74, 6) is 0. The summed E-state index contributed by atoms with van der Waals surface area (Å²) in [7, 11) is 0. The molecule has 0 heterocycles. The van der Waals surface area contributed by atoms with Crippen molar-refractivity contribution < 1.29 is 10.1 Å². The highest BCUT2D eigenvalue weighted by molar-refractivity contribution is 5.64. The van der Waals surface area contributed by atoms with Gasteiger partial charge in [0.05, 0.1) is 0 Å². The molecular formula is C11H15N2O+. The van der Waals surface area contributed by atoms with Gasteiger partial charge in [0.1, 0.15) is 6.61 Å². The number of rotatable bonds is 3. The van der Waals surface area contributed by atoms with Crippen LogP contribution >= 0.6 is 0 Å². The number of ether oxygens (including phenoxy) is 1. The first-order valence-corrected chi connectivity index (χ1v) is 4.79. The molecule has 0 radical (unpaired) electrons. The summed E-state index contributed by atoms with van der Waals surface area (Å²) < 4.78 is 5.20. The van der Waals surface area contributed by atoms with E-state index in [1.54, 1.807) is 0 Å². The van der Waals surface area contributed by atoms with Gasteiger partial charge in [-0.1, -0.05) is 30.3 Å². The third-order valence-electron chi connectivity index (χ3n) is 2.75. The fourth-order valence-corrected chi connectivity index (χ4v) is 1.68. The molecule has 0 unspecified atom stereocenters. The lowest BCUT2D eigenvalue weighted by Crippen LogP contribution is -2.48. The van der Waals surface area contributed by atoms with Crippen LogP contribution in [0.5, 0.6) is 0 Å². The first kappa shape index (κ1) is 9.06. The predicted octanol–water partition coefficient (Wildman–Crippen LogP) is -0.191. The van der Waals surface area contributed by atoms with Crippen molar-refractivity contribution in [1.29, 1.82) is 0 Å². The molecular weight excluding hydrogens is 176 g/mol. The average Bonchev–Trinajstić information content (AvgIpc) is 2.97. The Balaban J connectivity index is 2.06. The lowest BCUT2D eigenvalue weighted by molar-refractivity contribution is -0.143. The SMILES string of the molecule is NC(=[NH2+])OCC1(c2ccccc2)CC1. The summed E-state index contributed by atoms with van der Waals surface area (Å²) >= 11 is 0. The highest BCUT2D eigenvalue weighted by atomic mass is 16.5. The Labute approximate surface area is 83.4 Å². The van der Waals surface area contributed by atoms with Gasteiger partial charge in [0.2, 0.25) is 0 Å². The molecule has 0 amide bonds. The summed E-state index contributed by atoms with van der Waals surface area (Å²) in [4.78, 5) is 0.